The molecule has 1 unspecified atom stereocenters. The fraction of sp³-hybridized carbons (Fsp3) is 0.333. The van der Waals surface area contributed by atoms with Crippen LogP contribution in [0.4, 0.5) is 5.69 Å². The van der Waals surface area contributed by atoms with E-state index in [-0.39, 0.29) is 29.2 Å². The molecule has 0 radical (unpaired) electrons. The van der Waals surface area contributed by atoms with Gasteiger partial charge in [0.1, 0.15) is 5.76 Å². The summed E-state index contributed by atoms with van der Waals surface area (Å²) < 4.78 is 5.56. The first-order valence-electron chi connectivity index (χ1n) is 8.23. The van der Waals surface area contributed by atoms with Gasteiger partial charge >= 0.3 is 0 Å². The standard InChI is InChI=1S/C18H19N3O4/c19-11-10-14(12-4-3-5-12)20-18(22)17-9-8-16(25-17)13-6-1-2-7-15(13)21(23)24/h1-2,6-9,11-12,14,19H,3-5,10H2,(H,20,22). The highest BCUT2D eigenvalue weighted by molar-refractivity contribution is 5.92. The van der Waals surface area contributed by atoms with Gasteiger partial charge in [-0.15, -0.1) is 0 Å². The Morgan fingerprint density at radius 1 is 1.36 bits per heavy atom. The molecule has 0 bridgehead atoms. The summed E-state index contributed by atoms with van der Waals surface area (Å²) in [5.74, 6) is 0.436. The summed E-state index contributed by atoms with van der Waals surface area (Å²) in [5.41, 5.74) is 0.265. The number of hydrogen-bond acceptors (Lipinski definition) is 5. The molecule has 1 aliphatic rings. The van der Waals surface area contributed by atoms with Gasteiger partial charge in [0.25, 0.3) is 11.6 Å². The minimum Gasteiger partial charge on any atom is -0.451 e. The second-order valence-electron chi connectivity index (χ2n) is 6.15. The first-order chi connectivity index (χ1) is 12.1. The van der Waals surface area contributed by atoms with Gasteiger partial charge in [-0.3, -0.25) is 14.9 Å². The van der Waals surface area contributed by atoms with E-state index in [1.54, 1.807) is 24.3 Å². The summed E-state index contributed by atoms with van der Waals surface area (Å²) in [6.07, 6.45) is 5.06. The lowest BCUT2D eigenvalue weighted by Crippen LogP contribution is -2.43. The van der Waals surface area contributed by atoms with E-state index in [1.807, 2.05) is 0 Å². The number of carbonyl (C=O) groups is 1. The number of carbonyl (C=O) groups excluding carboxylic acids is 1. The van der Waals surface area contributed by atoms with E-state index in [0.29, 0.717) is 17.9 Å². The van der Waals surface area contributed by atoms with Crippen molar-refractivity contribution in [2.45, 2.75) is 31.7 Å². The third-order valence-corrected chi connectivity index (χ3v) is 4.60. The Bertz CT molecular complexity index is 795. The molecule has 7 nitrogen and oxygen atoms in total. The van der Waals surface area contributed by atoms with Crippen LogP contribution >= 0.6 is 0 Å². The number of rotatable bonds is 7. The van der Waals surface area contributed by atoms with Crippen LogP contribution in [0.15, 0.2) is 40.8 Å². The van der Waals surface area contributed by atoms with Gasteiger partial charge in [0.2, 0.25) is 0 Å². The largest absolute Gasteiger partial charge is 0.451 e. The highest BCUT2D eigenvalue weighted by Gasteiger charge is 2.29. The number of para-hydroxylation sites is 1. The molecule has 1 atom stereocenters. The van der Waals surface area contributed by atoms with Crippen molar-refractivity contribution in [3.05, 3.63) is 52.3 Å². The van der Waals surface area contributed by atoms with Crippen molar-refractivity contribution < 1.29 is 14.1 Å². The Morgan fingerprint density at radius 3 is 2.76 bits per heavy atom. The number of furan rings is 1. The fourth-order valence-electron chi connectivity index (χ4n) is 3.02. The van der Waals surface area contributed by atoms with Crippen LogP contribution in [0.25, 0.3) is 11.3 Å². The Morgan fingerprint density at radius 2 is 2.12 bits per heavy atom. The second kappa shape index (κ2) is 7.29. The van der Waals surface area contributed by atoms with Gasteiger partial charge in [0.15, 0.2) is 5.76 Å². The Balaban J connectivity index is 1.78. The fourth-order valence-corrected chi connectivity index (χ4v) is 3.02. The van der Waals surface area contributed by atoms with Crippen molar-refractivity contribution in [1.29, 1.82) is 5.41 Å². The highest BCUT2D eigenvalue weighted by Crippen LogP contribution is 2.32. The Kier molecular flexibility index (Phi) is 4.92. The van der Waals surface area contributed by atoms with E-state index < -0.39 is 4.92 Å². The SMILES string of the molecule is N=CCC(NC(=O)c1ccc(-c2ccccc2[N+](=O)[O-])o1)C1CCC1. The van der Waals surface area contributed by atoms with Crippen molar-refractivity contribution in [1.82, 2.24) is 5.32 Å². The first-order valence-corrected chi connectivity index (χ1v) is 8.23. The van der Waals surface area contributed by atoms with Gasteiger partial charge < -0.3 is 15.1 Å². The molecule has 0 aliphatic heterocycles. The lowest BCUT2D eigenvalue weighted by molar-refractivity contribution is -0.384. The van der Waals surface area contributed by atoms with Crippen LogP contribution in [0.3, 0.4) is 0 Å². The minimum absolute atomic E-state index is 0.0695. The average molecular weight is 341 g/mol. The molecule has 3 rings (SSSR count). The summed E-state index contributed by atoms with van der Waals surface area (Å²) in [6.45, 7) is 0. The van der Waals surface area contributed by atoms with Gasteiger partial charge in [-0.2, -0.15) is 0 Å². The monoisotopic (exact) mass is 341 g/mol. The first kappa shape index (κ1) is 16.9. The van der Waals surface area contributed by atoms with E-state index in [9.17, 15) is 14.9 Å². The molecule has 130 valence electrons. The van der Waals surface area contributed by atoms with E-state index >= 15 is 0 Å². The summed E-state index contributed by atoms with van der Waals surface area (Å²) in [7, 11) is 0. The van der Waals surface area contributed by atoms with Crippen LogP contribution in [0.5, 0.6) is 0 Å². The molecule has 0 saturated heterocycles. The Labute approximate surface area is 144 Å². The second-order valence-corrected chi connectivity index (χ2v) is 6.15. The molecule has 25 heavy (non-hydrogen) atoms. The van der Waals surface area contributed by atoms with Gasteiger partial charge in [-0.05, 0) is 43.2 Å². The summed E-state index contributed by atoms with van der Waals surface area (Å²) in [6, 6.07) is 9.26. The van der Waals surface area contributed by atoms with Crippen molar-refractivity contribution in [3.8, 4) is 11.3 Å². The normalized spacial score (nSPS) is 15.2. The molecule has 2 N–H and O–H groups in total. The molecule has 0 spiro atoms. The lowest BCUT2D eigenvalue weighted by atomic mass is 9.78. The van der Waals surface area contributed by atoms with E-state index in [1.165, 1.54) is 18.3 Å². The lowest BCUT2D eigenvalue weighted by Gasteiger charge is -2.33. The smallest absolute Gasteiger partial charge is 0.287 e. The van der Waals surface area contributed by atoms with Gasteiger partial charge in [-0.25, -0.2) is 0 Å². The molecule has 1 saturated carbocycles. The van der Waals surface area contributed by atoms with Crippen LogP contribution in [0.1, 0.15) is 36.2 Å². The van der Waals surface area contributed by atoms with Crippen LogP contribution in [-0.2, 0) is 0 Å². The molecule has 1 aliphatic carbocycles. The van der Waals surface area contributed by atoms with Crippen LogP contribution in [0, 0.1) is 21.4 Å². The maximum Gasteiger partial charge on any atom is 0.287 e. The molecule has 1 aromatic carbocycles. The quantitative estimate of drug-likeness (QED) is 0.453. The molecular formula is C18H19N3O4. The third-order valence-electron chi connectivity index (χ3n) is 4.60. The van der Waals surface area contributed by atoms with E-state index in [4.69, 9.17) is 9.83 Å². The maximum atomic E-state index is 12.4. The van der Waals surface area contributed by atoms with Crippen molar-refractivity contribution in [2.75, 3.05) is 0 Å². The number of hydrogen-bond donors (Lipinski definition) is 2. The predicted molar refractivity (Wildman–Crippen MR) is 92.8 cm³/mol. The zero-order valence-corrected chi connectivity index (χ0v) is 13.6. The summed E-state index contributed by atoms with van der Waals surface area (Å²) in [5, 5.41) is 21.3. The Hall–Kier alpha value is -2.96. The average Bonchev–Trinajstić information content (AvgIpc) is 3.03. The maximum absolute atomic E-state index is 12.4. The molecule has 1 aromatic heterocycles. The summed E-state index contributed by atoms with van der Waals surface area (Å²) in [4.78, 5) is 23.1. The van der Waals surface area contributed by atoms with Crippen molar-refractivity contribution >= 4 is 17.8 Å². The van der Waals surface area contributed by atoms with Crippen LogP contribution < -0.4 is 5.32 Å². The number of nitro groups is 1. The van der Waals surface area contributed by atoms with Crippen LogP contribution in [-0.4, -0.2) is 23.1 Å². The van der Waals surface area contributed by atoms with E-state index in [0.717, 1.165) is 19.3 Å². The molecule has 1 fully saturated rings. The number of nitro benzene ring substituents is 1. The zero-order valence-electron chi connectivity index (χ0n) is 13.6. The molecular weight excluding hydrogens is 322 g/mol. The topological polar surface area (TPSA) is 109 Å². The predicted octanol–water partition coefficient (Wildman–Crippen LogP) is 3.79. The van der Waals surface area contributed by atoms with E-state index in [2.05, 4.69) is 5.32 Å². The van der Waals surface area contributed by atoms with Gasteiger partial charge in [-0.1, -0.05) is 18.6 Å². The number of nitrogens with one attached hydrogen (secondary N) is 2. The minimum atomic E-state index is -0.478. The third kappa shape index (κ3) is 3.60. The van der Waals surface area contributed by atoms with Gasteiger partial charge in [0, 0.05) is 18.5 Å². The van der Waals surface area contributed by atoms with Crippen molar-refractivity contribution in [3.63, 3.8) is 0 Å². The molecule has 1 heterocycles. The number of nitrogens with zero attached hydrogens (tertiary/aromatic N) is 1. The highest BCUT2D eigenvalue weighted by atomic mass is 16.6. The van der Waals surface area contributed by atoms with Gasteiger partial charge in [0.05, 0.1) is 10.5 Å². The summed E-state index contributed by atoms with van der Waals surface area (Å²) >= 11 is 0. The number of amides is 1. The van der Waals surface area contributed by atoms with Crippen LogP contribution in [0.2, 0.25) is 0 Å². The molecule has 1 amide bonds. The number of benzene rings is 1. The molecule has 7 heteroatoms. The molecule has 2 aromatic rings. The van der Waals surface area contributed by atoms with Crippen molar-refractivity contribution in [2.24, 2.45) is 5.92 Å². The zero-order chi connectivity index (χ0) is 17.8.